The Labute approximate surface area is 468 Å². The van der Waals surface area contributed by atoms with Crippen LogP contribution in [0.4, 0.5) is 0 Å². The van der Waals surface area contributed by atoms with Crippen LogP contribution in [0, 0.1) is 29.1 Å². The summed E-state index contributed by atoms with van der Waals surface area (Å²) in [6, 6.07) is 7.01. The first kappa shape index (κ1) is 54.7. The molecule has 0 spiro atoms. The van der Waals surface area contributed by atoms with Crippen LogP contribution in [0.3, 0.4) is 0 Å². The molecular weight excluding hydrogens is 1020 g/mol. The zero-order valence-corrected chi connectivity index (χ0v) is 47.7. The topological polar surface area (TPSA) is 174 Å². The third kappa shape index (κ3) is 11.4. The van der Waals surface area contributed by atoms with Crippen LogP contribution in [-0.4, -0.2) is 187 Å². The molecule has 3 aromatic heterocycles. The van der Waals surface area contributed by atoms with E-state index in [-0.39, 0.29) is 54.5 Å². The van der Waals surface area contributed by atoms with Gasteiger partial charge in [0.25, 0.3) is 5.91 Å². The molecule has 18 nitrogen and oxygen atoms in total. The number of hydrazine groups is 1. The summed E-state index contributed by atoms with van der Waals surface area (Å²) in [6.07, 6.45) is 7.13. The zero-order chi connectivity index (χ0) is 54.5. The summed E-state index contributed by atoms with van der Waals surface area (Å²) in [6.45, 7) is 19.7. The van der Waals surface area contributed by atoms with Gasteiger partial charge in [0.15, 0.2) is 0 Å². The summed E-state index contributed by atoms with van der Waals surface area (Å²) in [5.74, 6) is 6.13. The molecule has 2 saturated carbocycles. The number of fused-ring (bicyclic) bond motifs is 4. The maximum absolute atomic E-state index is 15.4. The van der Waals surface area contributed by atoms with Crippen molar-refractivity contribution in [2.45, 2.75) is 141 Å². The number of hydrogen-bond donors (Lipinski definition) is 2. The Hall–Kier alpha value is -4.85. The number of nitrogens with one attached hydrogen (secondary N) is 2. The fraction of sp³-hybridized carbons (Fsp3) is 0.650. The van der Waals surface area contributed by atoms with Crippen LogP contribution in [0.2, 0.25) is 0 Å². The molecule has 424 valence electrons. The number of cyclic esters (lactones) is 1. The number of methoxy groups -OCH3 is 1. The normalized spacial score (nSPS) is 28.9. The zero-order valence-electron chi connectivity index (χ0n) is 46.9. The highest BCUT2D eigenvalue weighted by molar-refractivity contribution is 7.10. The van der Waals surface area contributed by atoms with Gasteiger partial charge in [-0.2, -0.15) is 0 Å². The van der Waals surface area contributed by atoms with Gasteiger partial charge >= 0.3 is 5.97 Å². The first-order valence-corrected chi connectivity index (χ1v) is 30.0. The van der Waals surface area contributed by atoms with Gasteiger partial charge in [-0.25, -0.2) is 10.4 Å². The molecule has 2 amide bonds. The van der Waals surface area contributed by atoms with Crippen molar-refractivity contribution in [1.82, 2.24) is 45.0 Å². The monoisotopic (exact) mass is 1100 g/mol. The molecule has 13 rings (SSSR count). The Morgan fingerprint density at radius 3 is 2.47 bits per heavy atom. The van der Waals surface area contributed by atoms with Crippen LogP contribution in [0.15, 0.2) is 35.8 Å². The molecule has 10 heterocycles. The van der Waals surface area contributed by atoms with E-state index in [0.29, 0.717) is 83.5 Å². The van der Waals surface area contributed by atoms with Gasteiger partial charge in [-0.15, -0.1) is 11.3 Å². The number of esters is 1. The lowest BCUT2D eigenvalue weighted by molar-refractivity contribution is -0.174. The third-order valence-corrected chi connectivity index (χ3v) is 18.9. The molecule has 19 heteroatoms. The van der Waals surface area contributed by atoms with Crippen LogP contribution in [-0.2, 0) is 55.8 Å². The summed E-state index contributed by atoms with van der Waals surface area (Å²) in [7, 11) is 1.72. The average molecular weight is 1100 g/mol. The Kier molecular flexibility index (Phi) is 16.1. The number of pyridine rings is 1. The van der Waals surface area contributed by atoms with Gasteiger partial charge < -0.3 is 38.3 Å². The summed E-state index contributed by atoms with van der Waals surface area (Å²) < 4.78 is 38.9. The van der Waals surface area contributed by atoms with E-state index in [1.807, 2.05) is 20.0 Å². The van der Waals surface area contributed by atoms with Crippen molar-refractivity contribution in [2.75, 3.05) is 92.6 Å². The SMILES string of the molecule is CO[C@@H](C)c1ncc(C#C[C@@H](C)N2CCN(C3CC3)CC2)cc1-c1c2c3cc(ccc3n1CCOC1CCOCC1)-c1csc(n1)[C@@H](N1CCOCC1)C(NC(=O)[C@H]1OC[C@@H]1C)C(=O)N1N[C@H](C(=O)OCC(C)(C)C2)C2CC1C2. The second kappa shape index (κ2) is 23.2. The van der Waals surface area contributed by atoms with Gasteiger partial charge in [-0.3, -0.25) is 39.1 Å². The molecule has 2 N–H and O–H groups in total. The van der Waals surface area contributed by atoms with Crippen LogP contribution in [0.1, 0.15) is 107 Å². The van der Waals surface area contributed by atoms with E-state index in [0.717, 1.165) is 95.3 Å². The number of piperazine rings is 1. The van der Waals surface area contributed by atoms with E-state index in [2.05, 4.69) is 92.3 Å². The Balaban J connectivity index is 0.992. The van der Waals surface area contributed by atoms with Crippen LogP contribution >= 0.6 is 11.3 Å². The van der Waals surface area contributed by atoms with Gasteiger partial charge in [0, 0.05) is 129 Å². The van der Waals surface area contributed by atoms with E-state index in [1.54, 1.807) is 12.1 Å². The number of morpholine rings is 1. The highest BCUT2D eigenvalue weighted by atomic mass is 32.1. The van der Waals surface area contributed by atoms with E-state index < -0.39 is 35.6 Å². The number of rotatable bonds is 12. The first-order valence-electron chi connectivity index (χ1n) is 29.1. The summed E-state index contributed by atoms with van der Waals surface area (Å²) >= 11 is 1.49. The summed E-state index contributed by atoms with van der Waals surface area (Å²) in [5, 5.41) is 8.60. The Morgan fingerprint density at radius 1 is 0.975 bits per heavy atom. The molecule has 1 unspecified atom stereocenters. The number of carbonyl (C=O) groups excluding carboxylic acids is 3. The largest absolute Gasteiger partial charge is 0.464 e. The van der Waals surface area contributed by atoms with Crippen LogP contribution in [0.25, 0.3) is 33.4 Å². The maximum atomic E-state index is 15.4. The molecule has 1 aromatic carbocycles. The standard InChI is InChI=1S/C60H79N9O9S/c1-36-33-77-55(36)56(70)63-52-54(67-19-24-75-25-20-67)57-62-48(34-79-57)40-9-12-49-45(30-40)47(31-60(4,5)35-78-59(72)51-41-28-43(29-41)69(64-51)58(52)71)53(68(49)21-26-76-44-13-22-74-23-14-44)46-27-39(32-61-50(46)38(3)73-6)8-7-37(2)65-15-17-66(18-16-65)42-10-11-42/h9,12,27,30,32,34,36-38,41-44,51-52,54-55,64H,10-11,13-26,28-29,31,33,35H2,1-6H3,(H,63,70)/t36-,37+,38-,41?,43?,51-,52?,54-,55-/m0/s1. The molecule has 7 atom stereocenters. The molecule has 8 fully saturated rings. The highest BCUT2D eigenvalue weighted by Crippen LogP contribution is 2.45. The molecule has 9 aliphatic rings. The van der Waals surface area contributed by atoms with Crippen molar-refractivity contribution >= 4 is 40.0 Å². The predicted molar refractivity (Wildman–Crippen MR) is 299 cm³/mol. The lowest BCUT2D eigenvalue weighted by Crippen LogP contribution is -2.72. The number of nitrogens with zero attached hydrogens (tertiary/aromatic N) is 7. The fourth-order valence-electron chi connectivity index (χ4n) is 13.0. The quantitative estimate of drug-likeness (QED) is 0.129. The second-order valence-electron chi connectivity index (χ2n) is 24.2. The number of carbonyl (C=O) groups is 3. The van der Waals surface area contributed by atoms with E-state index in [9.17, 15) is 9.59 Å². The van der Waals surface area contributed by atoms with Crippen molar-refractivity contribution in [3.05, 3.63) is 57.7 Å². The van der Waals surface area contributed by atoms with E-state index in [1.165, 1.54) is 24.2 Å². The minimum absolute atomic E-state index is 0.0000367. The predicted octanol–water partition coefficient (Wildman–Crippen LogP) is 5.76. The lowest BCUT2D eigenvalue weighted by Gasteiger charge is -2.53. The Bertz CT molecular complexity index is 2940. The maximum Gasteiger partial charge on any atom is 0.325 e. The van der Waals surface area contributed by atoms with Crippen LogP contribution in [0.5, 0.6) is 0 Å². The van der Waals surface area contributed by atoms with Gasteiger partial charge in [0.2, 0.25) is 5.91 Å². The van der Waals surface area contributed by atoms with Crippen molar-refractivity contribution in [3.8, 4) is 34.4 Å². The van der Waals surface area contributed by atoms with Gasteiger partial charge in [0.05, 0.1) is 74.4 Å². The number of hydrogen-bond acceptors (Lipinski definition) is 16. The van der Waals surface area contributed by atoms with Crippen molar-refractivity contribution in [3.63, 3.8) is 0 Å². The van der Waals surface area contributed by atoms with Crippen molar-refractivity contribution in [2.24, 2.45) is 17.3 Å². The van der Waals surface area contributed by atoms with E-state index >= 15 is 4.79 Å². The number of aromatic nitrogens is 3. The molecule has 4 aromatic rings. The number of benzene rings is 1. The first-order chi connectivity index (χ1) is 38.3. The number of amides is 2. The summed E-state index contributed by atoms with van der Waals surface area (Å²) in [4.78, 5) is 62.1. The highest BCUT2D eigenvalue weighted by Gasteiger charge is 2.53. The molecule has 7 aliphatic heterocycles. The minimum atomic E-state index is -1.06. The van der Waals surface area contributed by atoms with Crippen molar-refractivity contribution < 1.29 is 42.8 Å². The Morgan fingerprint density at radius 2 is 1.75 bits per heavy atom. The molecule has 6 saturated heterocycles. The number of ether oxygens (including phenoxy) is 6. The number of thiazole rings is 1. The molecule has 0 radical (unpaired) electrons. The van der Waals surface area contributed by atoms with E-state index in [4.69, 9.17) is 38.4 Å². The van der Waals surface area contributed by atoms with Crippen molar-refractivity contribution in [1.29, 1.82) is 0 Å². The average Bonchev–Trinajstić information content (AvgIpc) is 4.37. The second-order valence-corrected chi connectivity index (χ2v) is 25.1. The fourth-order valence-corrected chi connectivity index (χ4v) is 14.0. The van der Waals surface area contributed by atoms with Gasteiger partial charge in [-0.05, 0) is 88.5 Å². The van der Waals surface area contributed by atoms with Gasteiger partial charge in [0.1, 0.15) is 23.2 Å². The third-order valence-electron chi connectivity index (χ3n) is 18.0. The minimum Gasteiger partial charge on any atom is -0.464 e. The molecule has 2 aliphatic carbocycles. The lowest BCUT2D eigenvalue weighted by atomic mass is 9.73. The van der Waals surface area contributed by atoms with Gasteiger partial charge in [-0.1, -0.05) is 38.7 Å². The van der Waals surface area contributed by atoms with Crippen LogP contribution < -0.4 is 10.7 Å². The molecule has 79 heavy (non-hydrogen) atoms. The molecule has 8 bridgehead atoms. The summed E-state index contributed by atoms with van der Waals surface area (Å²) in [5.41, 5.74) is 10.1. The molecular formula is C60H79N9O9S. The smallest absolute Gasteiger partial charge is 0.325 e.